The first-order valence-electron chi connectivity index (χ1n) is 19.9. The number of hydrogen-bond acceptors (Lipinski definition) is 9. The van der Waals surface area contributed by atoms with E-state index < -0.39 is 79.4 Å². The quantitative estimate of drug-likeness (QED) is 0.355. The predicted octanol–water partition coefficient (Wildman–Crippen LogP) is 4.92. The molecular weight excluding hydrogens is 749 g/mol. The molecule has 2 aromatic rings. The molecule has 56 heavy (non-hydrogen) atoms. The summed E-state index contributed by atoms with van der Waals surface area (Å²) in [4.78, 5) is 62.4. The Morgan fingerprint density at radius 2 is 1.75 bits per heavy atom. The van der Waals surface area contributed by atoms with Crippen LogP contribution in [0.3, 0.4) is 0 Å². The van der Waals surface area contributed by atoms with E-state index in [0.29, 0.717) is 67.3 Å². The van der Waals surface area contributed by atoms with E-state index in [1.807, 2.05) is 12.2 Å². The maximum absolute atomic E-state index is 14.7. The Labute approximate surface area is 324 Å². The average molecular weight is 798 g/mol. The zero-order chi connectivity index (χ0) is 39.6. The molecule has 3 aliphatic carbocycles. The van der Waals surface area contributed by atoms with Gasteiger partial charge in [-0.05, 0) is 97.0 Å². The zero-order valence-corrected chi connectivity index (χ0v) is 32.6. The molecule has 16 heteroatoms. The fraction of sp³-hybridized carbons (Fsp3) is 0.625. The molecule has 6 aliphatic rings. The Balaban J connectivity index is 1.13. The first-order valence-corrected chi connectivity index (χ1v) is 21.4. The van der Waals surface area contributed by atoms with E-state index >= 15 is 0 Å². The minimum Gasteiger partial charge on any atom is -0.483 e. The molecular formula is C40H49F2N5O8S. The zero-order valence-electron chi connectivity index (χ0n) is 31.8. The number of hydrogen-bond donors (Lipinski definition) is 3. The second-order valence-electron chi connectivity index (χ2n) is 17.0. The molecule has 1 aromatic heterocycles. The topological polar surface area (TPSA) is 173 Å². The number of allylic oxidation sites excluding steroid dienone is 1. The van der Waals surface area contributed by atoms with Crippen molar-refractivity contribution in [2.45, 2.75) is 144 Å². The Bertz CT molecular complexity index is 2120. The van der Waals surface area contributed by atoms with Crippen molar-refractivity contribution in [2.24, 2.45) is 5.92 Å². The number of halogens is 2. The van der Waals surface area contributed by atoms with Crippen molar-refractivity contribution in [3.63, 3.8) is 0 Å². The van der Waals surface area contributed by atoms with Crippen molar-refractivity contribution in [1.82, 2.24) is 25.2 Å². The molecule has 4 amide bonds. The molecule has 0 radical (unpaired) electrons. The van der Waals surface area contributed by atoms with Crippen LogP contribution in [-0.2, 0) is 35.6 Å². The number of nitrogens with one attached hydrogen (secondary N) is 3. The third-order valence-corrected chi connectivity index (χ3v) is 15.0. The van der Waals surface area contributed by atoms with Crippen molar-refractivity contribution in [1.29, 1.82) is 0 Å². The summed E-state index contributed by atoms with van der Waals surface area (Å²) in [6.45, 7) is 3.22. The Hall–Kier alpha value is -4.34. The van der Waals surface area contributed by atoms with Crippen LogP contribution < -0.4 is 20.1 Å². The maximum Gasteiger partial charge on any atom is 0.408 e. The van der Waals surface area contributed by atoms with Crippen LogP contribution in [0.2, 0.25) is 0 Å². The third-order valence-electron chi connectivity index (χ3n) is 12.9. The number of fused-ring (bicyclic) bond motifs is 5. The number of alkyl carbamates (subject to hydrolysis) is 1. The van der Waals surface area contributed by atoms with Gasteiger partial charge in [-0.2, -0.15) is 0 Å². The van der Waals surface area contributed by atoms with Crippen LogP contribution in [0.4, 0.5) is 13.6 Å². The lowest BCUT2D eigenvalue weighted by Gasteiger charge is -2.36. The minimum atomic E-state index is -4.02. The highest BCUT2D eigenvalue weighted by molar-refractivity contribution is 7.91. The van der Waals surface area contributed by atoms with Gasteiger partial charge in [-0.25, -0.2) is 27.0 Å². The van der Waals surface area contributed by atoms with Gasteiger partial charge in [0.2, 0.25) is 21.8 Å². The van der Waals surface area contributed by atoms with E-state index in [9.17, 15) is 36.4 Å². The largest absolute Gasteiger partial charge is 0.483 e. The van der Waals surface area contributed by atoms with Crippen LogP contribution in [-0.4, -0.2) is 82.7 Å². The monoisotopic (exact) mass is 797 g/mol. The highest BCUT2D eigenvalue weighted by Crippen LogP contribution is 2.49. The van der Waals surface area contributed by atoms with Crippen LogP contribution in [0.15, 0.2) is 24.3 Å². The molecule has 1 saturated heterocycles. The molecule has 3 aliphatic heterocycles. The lowest BCUT2D eigenvalue weighted by molar-refractivity contribution is -0.141. The summed E-state index contributed by atoms with van der Waals surface area (Å²) in [5.41, 5.74) is -1.33. The molecule has 4 fully saturated rings. The van der Waals surface area contributed by atoms with Crippen LogP contribution >= 0.6 is 0 Å². The van der Waals surface area contributed by atoms with Gasteiger partial charge >= 0.3 is 6.09 Å². The summed E-state index contributed by atoms with van der Waals surface area (Å²) in [5, 5.41) is 6.11. The first kappa shape index (κ1) is 38.5. The summed E-state index contributed by atoms with van der Waals surface area (Å²) in [6, 6.07) is -0.0447. The number of pyridine rings is 1. The number of carbonyl (C=O) groups is 4. The number of aryl methyl sites for hydroxylation is 2. The van der Waals surface area contributed by atoms with Gasteiger partial charge in [0.25, 0.3) is 5.91 Å². The number of nitrogens with zero attached hydrogens (tertiary/aromatic N) is 2. The van der Waals surface area contributed by atoms with Crippen LogP contribution in [0.1, 0.15) is 108 Å². The van der Waals surface area contributed by atoms with Crippen molar-refractivity contribution >= 4 is 44.7 Å². The normalized spacial score (nSPS) is 30.9. The van der Waals surface area contributed by atoms with Crippen LogP contribution in [0.5, 0.6) is 5.75 Å². The van der Waals surface area contributed by atoms with E-state index in [0.717, 1.165) is 50.7 Å². The van der Waals surface area contributed by atoms with Gasteiger partial charge in [0, 0.05) is 29.4 Å². The molecule has 302 valence electrons. The van der Waals surface area contributed by atoms with Crippen molar-refractivity contribution in [2.75, 3.05) is 6.54 Å². The summed E-state index contributed by atoms with van der Waals surface area (Å²) < 4.78 is 68.6. The number of sulfonamides is 1. The fourth-order valence-electron chi connectivity index (χ4n) is 9.02. The summed E-state index contributed by atoms with van der Waals surface area (Å²) in [7, 11) is -4.02. The fourth-order valence-corrected chi connectivity index (χ4v) is 10.3. The lowest BCUT2D eigenvalue weighted by atomic mass is 9.87. The lowest BCUT2D eigenvalue weighted by Crippen LogP contribution is -2.58. The Morgan fingerprint density at radius 3 is 2.50 bits per heavy atom. The molecule has 3 N–H and O–H groups in total. The summed E-state index contributed by atoms with van der Waals surface area (Å²) in [5.74, 6) is -4.12. The van der Waals surface area contributed by atoms with Gasteiger partial charge in [0.1, 0.15) is 35.1 Å². The van der Waals surface area contributed by atoms with Crippen molar-refractivity contribution in [3.05, 3.63) is 47.2 Å². The molecule has 3 saturated carbocycles. The number of carbonyl (C=O) groups excluding carboxylic acids is 4. The molecule has 5 atom stereocenters. The van der Waals surface area contributed by atoms with E-state index in [1.54, 1.807) is 13.8 Å². The van der Waals surface area contributed by atoms with Crippen LogP contribution in [0, 0.1) is 24.5 Å². The maximum atomic E-state index is 14.7. The first-order chi connectivity index (χ1) is 26.6. The molecule has 13 nitrogen and oxygen atoms in total. The van der Waals surface area contributed by atoms with E-state index in [4.69, 9.17) is 9.47 Å². The number of rotatable bonds is 5. The molecule has 1 unspecified atom stereocenters. The predicted molar refractivity (Wildman–Crippen MR) is 200 cm³/mol. The molecule has 8 rings (SSSR count). The number of amides is 4. The van der Waals surface area contributed by atoms with E-state index in [-0.39, 0.29) is 31.0 Å². The van der Waals surface area contributed by atoms with Crippen molar-refractivity contribution < 1.29 is 45.9 Å². The number of ether oxygens (including phenoxy) is 2. The Morgan fingerprint density at radius 1 is 1.02 bits per heavy atom. The van der Waals surface area contributed by atoms with Gasteiger partial charge in [-0.3, -0.25) is 19.1 Å². The van der Waals surface area contributed by atoms with Gasteiger partial charge < -0.3 is 25.0 Å². The second-order valence-corrected chi connectivity index (χ2v) is 19.2. The van der Waals surface area contributed by atoms with Gasteiger partial charge in [-0.1, -0.05) is 25.0 Å². The average Bonchev–Trinajstić information content (AvgIpc) is 3.94. The molecule has 4 heterocycles. The second kappa shape index (κ2) is 14.2. The van der Waals surface area contributed by atoms with Gasteiger partial charge in [0.15, 0.2) is 11.6 Å². The van der Waals surface area contributed by atoms with Gasteiger partial charge in [-0.15, -0.1) is 0 Å². The highest BCUT2D eigenvalue weighted by atomic mass is 32.2. The summed E-state index contributed by atoms with van der Waals surface area (Å²) in [6.07, 6.45) is 11.0. The molecule has 0 bridgehead atoms. The molecule has 1 aromatic carbocycles. The standard InChI is InChI=1S/C40H49F2N5O8S/c1-23-33-26(27-18-28(41)29(42)19-31(27)43-23)14-15-39(55-33)21-32-34(48)45-40(36(50)46-56(52,53)38(2)16-17-38)20-24(40)10-6-4-3-5-7-13-30(35(49)47(32)22-39)44-37(51)54-25-11-8-9-12-25/h6,10,18-19,24-25,30,32H,3-5,7-9,11-17,20-22H2,1-2H3,(H,44,51)(H,45,48)(H,46,50)/b10-6-/t24?,30-,32-,39+,40+/m0/s1. The highest BCUT2D eigenvalue weighted by Gasteiger charge is 2.64. The smallest absolute Gasteiger partial charge is 0.408 e. The van der Waals surface area contributed by atoms with E-state index in [2.05, 4.69) is 20.3 Å². The van der Waals surface area contributed by atoms with Gasteiger partial charge in [0.05, 0.1) is 22.5 Å². The number of aromatic nitrogens is 1. The van der Waals surface area contributed by atoms with Crippen LogP contribution in [0.25, 0.3) is 10.9 Å². The summed E-state index contributed by atoms with van der Waals surface area (Å²) >= 11 is 0. The van der Waals surface area contributed by atoms with Crippen molar-refractivity contribution in [3.8, 4) is 5.75 Å². The Kier molecular flexibility index (Phi) is 9.80. The minimum absolute atomic E-state index is 0.00703. The molecule has 1 spiro atoms. The number of benzene rings is 1. The third kappa shape index (κ3) is 7.10. The SMILES string of the molecule is Cc1nc2cc(F)c(F)cc2c2c1O[C@]1(CC2)C[C@H]2C(=O)N[C@]3(C(=O)NS(=O)(=O)C4(C)CC4)CC3/C=C\CCCCC[C@H](NC(=O)OC3CCCC3)C(=O)N2C1. The van der Waals surface area contributed by atoms with E-state index in [1.165, 1.54) is 4.90 Å².